The molecule has 0 bridgehead atoms. The number of halogens is 3. The highest BCUT2D eigenvalue weighted by Crippen LogP contribution is 2.26. The second-order valence-corrected chi connectivity index (χ2v) is 5.85. The van der Waals surface area contributed by atoms with Crippen LogP contribution in [0.2, 0.25) is 0 Å². The lowest BCUT2D eigenvalue weighted by molar-refractivity contribution is -0.148. The second kappa shape index (κ2) is 5.78. The lowest BCUT2D eigenvalue weighted by Gasteiger charge is -2.35. The third-order valence-corrected chi connectivity index (χ3v) is 4.30. The standard InChI is InChI=1S/C13H23F3N2/c1-10-3-2-4-12(10)17-11-5-7-18(8-6-11)9-13(14,15)16/h10-12,17H,2-9H2,1H3. The molecule has 0 aromatic heterocycles. The lowest BCUT2D eigenvalue weighted by atomic mass is 10.0. The molecule has 18 heavy (non-hydrogen) atoms. The van der Waals surface area contributed by atoms with E-state index in [4.69, 9.17) is 0 Å². The number of alkyl halides is 3. The smallest absolute Gasteiger partial charge is 0.311 e. The Labute approximate surface area is 107 Å². The predicted octanol–water partition coefficient (Wildman–Crippen LogP) is 2.79. The van der Waals surface area contributed by atoms with Gasteiger partial charge >= 0.3 is 6.18 Å². The van der Waals surface area contributed by atoms with Crippen LogP contribution in [0.5, 0.6) is 0 Å². The summed E-state index contributed by atoms with van der Waals surface area (Å²) in [6.45, 7) is 2.65. The van der Waals surface area contributed by atoms with Crippen molar-refractivity contribution in [2.24, 2.45) is 5.92 Å². The van der Waals surface area contributed by atoms with Gasteiger partial charge in [-0.15, -0.1) is 0 Å². The van der Waals surface area contributed by atoms with E-state index < -0.39 is 12.7 Å². The molecule has 2 aliphatic rings. The van der Waals surface area contributed by atoms with E-state index in [1.165, 1.54) is 24.2 Å². The first kappa shape index (κ1) is 14.1. The number of nitrogens with zero attached hydrogens (tertiary/aromatic N) is 1. The molecule has 0 amide bonds. The molecule has 5 heteroatoms. The van der Waals surface area contributed by atoms with Gasteiger partial charge in [-0.05, 0) is 44.7 Å². The highest BCUT2D eigenvalue weighted by Gasteiger charge is 2.33. The van der Waals surface area contributed by atoms with Crippen molar-refractivity contribution in [2.45, 2.75) is 57.3 Å². The van der Waals surface area contributed by atoms with Crippen LogP contribution >= 0.6 is 0 Å². The van der Waals surface area contributed by atoms with Crippen LogP contribution < -0.4 is 5.32 Å². The Kier molecular flexibility index (Phi) is 4.54. The molecule has 2 atom stereocenters. The summed E-state index contributed by atoms with van der Waals surface area (Å²) in [7, 11) is 0. The fourth-order valence-corrected chi connectivity index (χ4v) is 3.21. The van der Waals surface area contributed by atoms with Crippen LogP contribution in [0.3, 0.4) is 0 Å². The molecule has 106 valence electrons. The molecule has 1 saturated carbocycles. The van der Waals surface area contributed by atoms with Gasteiger partial charge in [-0.1, -0.05) is 13.3 Å². The highest BCUT2D eigenvalue weighted by atomic mass is 19.4. The molecule has 2 rings (SSSR count). The molecule has 2 nitrogen and oxygen atoms in total. The van der Waals surface area contributed by atoms with Gasteiger partial charge in [-0.3, -0.25) is 4.90 Å². The lowest BCUT2D eigenvalue weighted by Crippen LogP contribution is -2.48. The van der Waals surface area contributed by atoms with Crippen LogP contribution in [0, 0.1) is 5.92 Å². The maximum Gasteiger partial charge on any atom is 0.401 e. The molecule has 1 saturated heterocycles. The van der Waals surface area contributed by atoms with E-state index in [9.17, 15) is 13.2 Å². The third-order valence-electron chi connectivity index (χ3n) is 4.30. The fourth-order valence-electron chi connectivity index (χ4n) is 3.21. The van der Waals surface area contributed by atoms with Gasteiger partial charge in [-0.2, -0.15) is 13.2 Å². The Morgan fingerprint density at radius 1 is 1.11 bits per heavy atom. The molecule has 0 aromatic rings. The van der Waals surface area contributed by atoms with Crippen LogP contribution in [0.1, 0.15) is 39.0 Å². The first-order valence-electron chi connectivity index (χ1n) is 6.99. The summed E-state index contributed by atoms with van der Waals surface area (Å²) < 4.78 is 36.8. The molecule has 1 heterocycles. The minimum atomic E-state index is -4.06. The number of hydrogen-bond acceptors (Lipinski definition) is 2. The van der Waals surface area contributed by atoms with Crippen LogP contribution in [-0.2, 0) is 0 Å². The summed E-state index contributed by atoms with van der Waals surface area (Å²) in [5.74, 6) is 0.721. The quantitative estimate of drug-likeness (QED) is 0.843. The maximum absolute atomic E-state index is 12.3. The zero-order valence-electron chi connectivity index (χ0n) is 11.0. The highest BCUT2D eigenvalue weighted by molar-refractivity contribution is 4.86. The second-order valence-electron chi connectivity index (χ2n) is 5.85. The largest absolute Gasteiger partial charge is 0.401 e. The van der Waals surface area contributed by atoms with Gasteiger partial charge in [-0.25, -0.2) is 0 Å². The number of hydrogen-bond donors (Lipinski definition) is 1. The Morgan fingerprint density at radius 2 is 1.78 bits per heavy atom. The van der Waals surface area contributed by atoms with E-state index in [-0.39, 0.29) is 0 Å². The zero-order valence-corrected chi connectivity index (χ0v) is 11.0. The number of likely N-dealkylation sites (tertiary alicyclic amines) is 1. The summed E-state index contributed by atoms with van der Waals surface area (Å²) in [4.78, 5) is 1.52. The molecule has 0 spiro atoms. The van der Waals surface area contributed by atoms with Crippen molar-refractivity contribution in [1.82, 2.24) is 10.2 Å². The Balaban J connectivity index is 1.70. The monoisotopic (exact) mass is 264 g/mol. The van der Waals surface area contributed by atoms with E-state index in [0.717, 1.165) is 18.8 Å². The predicted molar refractivity (Wildman–Crippen MR) is 65.5 cm³/mol. The summed E-state index contributed by atoms with van der Waals surface area (Å²) >= 11 is 0. The normalized spacial score (nSPS) is 32.0. The molecule has 0 radical (unpaired) electrons. The Morgan fingerprint density at radius 3 is 2.28 bits per heavy atom. The third kappa shape index (κ3) is 4.12. The first-order chi connectivity index (χ1) is 8.44. The molecule has 1 N–H and O–H groups in total. The van der Waals surface area contributed by atoms with Crippen LogP contribution in [0.25, 0.3) is 0 Å². The van der Waals surface area contributed by atoms with Gasteiger partial charge < -0.3 is 5.32 Å². The summed E-state index contributed by atoms with van der Waals surface area (Å²) in [5, 5.41) is 3.64. The van der Waals surface area contributed by atoms with Crippen molar-refractivity contribution in [3.8, 4) is 0 Å². The van der Waals surface area contributed by atoms with E-state index in [1.807, 2.05) is 0 Å². The molecule has 0 aromatic carbocycles. The van der Waals surface area contributed by atoms with Crippen molar-refractivity contribution in [2.75, 3.05) is 19.6 Å². The zero-order chi connectivity index (χ0) is 13.2. The van der Waals surface area contributed by atoms with Crippen molar-refractivity contribution in [1.29, 1.82) is 0 Å². The van der Waals surface area contributed by atoms with E-state index in [2.05, 4.69) is 12.2 Å². The van der Waals surface area contributed by atoms with Crippen molar-refractivity contribution in [3.05, 3.63) is 0 Å². The van der Waals surface area contributed by atoms with Gasteiger partial charge in [0.05, 0.1) is 6.54 Å². The van der Waals surface area contributed by atoms with Crippen molar-refractivity contribution < 1.29 is 13.2 Å². The fraction of sp³-hybridized carbons (Fsp3) is 1.00. The summed E-state index contributed by atoms with van der Waals surface area (Å²) in [5.41, 5.74) is 0. The van der Waals surface area contributed by atoms with Gasteiger partial charge in [0.2, 0.25) is 0 Å². The number of piperidine rings is 1. The van der Waals surface area contributed by atoms with E-state index >= 15 is 0 Å². The molecule has 1 aliphatic heterocycles. The Bertz CT molecular complexity index is 259. The average Bonchev–Trinajstić information content (AvgIpc) is 2.65. The minimum Gasteiger partial charge on any atom is -0.311 e. The molecular formula is C13H23F3N2. The van der Waals surface area contributed by atoms with Crippen LogP contribution in [0.4, 0.5) is 13.2 Å². The number of nitrogens with one attached hydrogen (secondary N) is 1. The van der Waals surface area contributed by atoms with Crippen molar-refractivity contribution >= 4 is 0 Å². The van der Waals surface area contributed by atoms with E-state index in [0.29, 0.717) is 25.2 Å². The van der Waals surface area contributed by atoms with Gasteiger partial charge in [0.25, 0.3) is 0 Å². The van der Waals surface area contributed by atoms with Gasteiger partial charge in [0.1, 0.15) is 0 Å². The molecule has 2 unspecified atom stereocenters. The van der Waals surface area contributed by atoms with Crippen molar-refractivity contribution in [3.63, 3.8) is 0 Å². The molecule has 1 aliphatic carbocycles. The number of rotatable bonds is 3. The maximum atomic E-state index is 12.3. The molecule has 2 fully saturated rings. The van der Waals surface area contributed by atoms with Gasteiger partial charge in [0, 0.05) is 12.1 Å². The minimum absolute atomic E-state index is 0.417. The van der Waals surface area contributed by atoms with E-state index in [1.54, 1.807) is 0 Å². The topological polar surface area (TPSA) is 15.3 Å². The summed E-state index contributed by atoms with van der Waals surface area (Å²) in [6, 6.07) is 1.00. The average molecular weight is 264 g/mol. The van der Waals surface area contributed by atoms with Gasteiger partial charge in [0.15, 0.2) is 0 Å². The van der Waals surface area contributed by atoms with Crippen LogP contribution in [0.15, 0.2) is 0 Å². The Hall–Kier alpha value is -0.290. The molecular weight excluding hydrogens is 241 g/mol. The SMILES string of the molecule is CC1CCCC1NC1CCN(CC(F)(F)F)CC1. The first-order valence-corrected chi connectivity index (χ1v) is 6.99. The van der Waals surface area contributed by atoms with Crippen LogP contribution in [-0.4, -0.2) is 42.8 Å². The summed E-state index contributed by atoms with van der Waals surface area (Å²) in [6.07, 6.45) is 1.43.